The van der Waals surface area contributed by atoms with E-state index in [0.717, 1.165) is 27.1 Å². The van der Waals surface area contributed by atoms with Gasteiger partial charge in [0.05, 0.1) is 5.56 Å². The highest BCUT2D eigenvalue weighted by molar-refractivity contribution is 7.99. The average Bonchev–Trinajstić information content (AvgIpc) is 2.62. The molecule has 0 atom stereocenters. The van der Waals surface area contributed by atoms with E-state index in [0.29, 0.717) is 10.6 Å². The molecular weight excluding hydrogens is 364 g/mol. The van der Waals surface area contributed by atoms with Crippen molar-refractivity contribution < 1.29 is 4.79 Å². The van der Waals surface area contributed by atoms with Crippen LogP contribution in [0.4, 0.5) is 5.69 Å². The third kappa shape index (κ3) is 4.62. The van der Waals surface area contributed by atoms with E-state index in [-0.39, 0.29) is 5.91 Å². The number of carbonyl (C=O) groups is 1. The van der Waals surface area contributed by atoms with Crippen LogP contribution in [0.15, 0.2) is 63.7 Å². The van der Waals surface area contributed by atoms with Crippen molar-refractivity contribution in [1.82, 2.24) is 15.0 Å². The Balaban J connectivity index is 1.70. The Morgan fingerprint density at radius 3 is 2.38 bits per heavy atom. The maximum Gasteiger partial charge on any atom is 0.258 e. The topological polar surface area (TPSA) is 67.8 Å². The summed E-state index contributed by atoms with van der Waals surface area (Å²) < 4.78 is 0. The Hall–Kier alpha value is -2.38. The number of nitrogens with zero attached hydrogens (tertiary/aromatic N) is 3. The molecule has 1 amide bonds. The Morgan fingerprint density at radius 2 is 1.73 bits per heavy atom. The van der Waals surface area contributed by atoms with Gasteiger partial charge in [0, 0.05) is 28.2 Å². The van der Waals surface area contributed by atoms with Crippen molar-refractivity contribution in [3.05, 3.63) is 65.6 Å². The smallest absolute Gasteiger partial charge is 0.258 e. The fraction of sp³-hybridized carbons (Fsp3) is 0.158. The summed E-state index contributed by atoms with van der Waals surface area (Å²) in [7, 11) is 0. The minimum Gasteiger partial charge on any atom is -0.322 e. The number of carbonyl (C=O) groups excluding carboxylic acids is 1. The minimum atomic E-state index is -0.166. The van der Waals surface area contributed by atoms with E-state index in [1.54, 1.807) is 18.3 Å². The Morgan fingerprint density at radius 1 is 1.04 bits per heavy atom. The zero-order valence-electron chi connectivity index (χ0n) is 14.7. The summed E-state index contributed by atoms with van der Waals surface area (Å²) in [6.45, 7) is 3.91. The SMILES string of the molecule is CSc1ncccc1C(=O)Nc1ccc(Sc2nc(C)cc(C)n2)cc1. The summed E-state index contributed by atoms with van der Waals surface area (Å²) in [6, 6.07) is 13.1. The minimum absolute atomic E-state index is 0.166. The summed E-state index contributed by atoms with van der Waals surface area (Å²) in [5, 5.41) is 4.34. The van der Waals surface area contributed by atoms with Gasteiger partial charge < -0.3 is 5.32 Å². The summed E-state index contributed by atoms with van der Waals surface area (Å²) in [6.07, 6.45) is 3.59. The van der Waals surface area contributed by atoms with E-state index in [4.69, 9.17) is 0 Å². The molecule has 5 nitrogen and oxygen atoms in total. The number of thioether (sulfide) groups is 1. The number of pyridine rings is 1. The van der Waals surface area contributed by atoms with Gasteiger partial charge in [-0.05, 0) is 74.3 Å². The first-order valence-corrected chi connectivity index (χ1v) is 10.00. The molecule has 2 heterocycles. The van der Waals surface area contributed by atoms with Crippen molar-refractivity contribution in [3.8, 4) is 0 Å². The number of hydrogen-bond donors (Lipinski definition) is 1. The molecule has 7 heteroatoms. The van der Waals surface area contributed by atoms with Crippen molar-refractivity contribution in [1.29, 1.82) is 0 Å². The van der Waals surface area contributed by atoms with Gasteiger partial charge in [-0.1, -0.05) is 0 Å². The lowest BCUT2D eigenvalue weighted by Gasteiger charge is -2.08. The van der Waals surface area contributed by atoms with E-state index in [9.17, 15) is 4.79 Å². The van der Waals surface area contributed by atoms with Crippen LogP contribution >= 0.6 is 23.5 Å². The molecule has 0 fully saturated rings. The van der Waals surface area contributed by atoms with Crippen LogP contribution in [0.25, 0.3) is 0 Å². The highest BCUT2D eigenvalue weighted by atomic mass is 32.2. The first-order valence-electron chi connectivity index (χ1n) is 7.96. The lowest BCUT2D eigenvalue weighted by atomic mass is 10.2. The highest BCUT2D eigenvalue weighted by Crippen LogP contribution is 2.26. The van der Waals surface area contributed by atoms with Crippen LogP contribution in [0.3, 0.4) is 0 Å². The van der Waals surface area contributed by atoms with Crippen LogP contribution in [-0.2, 0) is 0 Å². The highest BCUT2D eigenvalue weighted by Gasteiger charge is 2.12. The Labute approximate surface area is 161 Å². The van der Waals surface area contributed by atoms with E-state index in [1.165, 1.54) is 23.5 Å². The molecule has 3 aromatic rings. The van der Waals surface area contributed by atoms with Gasteiger partial charge in [0.1, 0.15) is 5.03 Å². The largest absolute Gasteiger partial charge is 0.322 e. The van der Waals surface area contributed by atoms with Gasteiger partial charge in [-0.15, -0.1) is 11.8 Å². The fourth-order valence-electron chi connectivity index (χ4n) is 2.38. The lowest BCUT2D eigenvalue weighted by Crippen LogP contribution is -2.13. The third-order valence-electron chi connectivity index (χ3n) is 3.49. The molecule has 0 saturated heterocycles. The Kier molecular flexibility index (Phi) is 5.90. The second-order valence-electron chi connectivity index (χ2n) is 5.57. The van der Waals surface area contributed by atoms with Crippen LogP contribution in [0.1, 0.15) is 21.7 Å². The number of aryl methyl sites for hydroxylation is 2. The molecule has 1 N–H and O–H groups in total. The number of benzene rings is 1. The van der Waals surface area contributed by atoms with Crippen molar-refractivity contribution in [2.24, 2.45) is 0 Å². The molecule has 132 valence electrons. The maximum absolute atomic E-state index is 12.5. The predicted molar refractivity (Wildman–Crippen MR) is 106 cm³/mol. The maximum atomic E-state index is 12.5. The number of nitrogens with one attached hydrogen (secondary N) is 1. The van der Waals surface area contributed by atoms with E-state index in [2.05, 4.69) is 20.3 Å². The van der Waals surface area contributed by atoms with Crippen molar-refractivity contribution in [2.45, 2.75) is 28.9 Å². The molecule has 26 heavy (non-hydrogen) atoms. The fourth-order valence-corrected chi connectivity index (χ4v) is 3.78. The van der Waals surface area contributed by atoms with E-state index < -0.39 is 0 Å². The summed E-state index contributed by atoms with van der Waals surface area (Å²) in [4.78, 5) is 26.6. The van der Waals surface area contributed by atoms with Gasteiger partial charge in [-0.2, -0.15) is 0 Å². The number of amides is 1. The monoisotopic (exact) mass is 382 g/mol. The van der Waals surface area contributed by atoms with Gasteiger partial charge >= 0.3 is 0 Å². The predicted octanol–water partition coefficient (Wildman–Crippen LogP) is 4.61. The number of aromatic nitrogens is 3. The Bertz CT molecular complexity index is 909. The lowest BCUT2D eigenvalue weighted by molar-refractivity contribution is 0.102. The summed E-state index contributed by atoms with van der Waals surface area (Å²) in [5.74, 6) is -0.166. The first-order chi connectivity index (χ1) is 12.5. The van der Waals surface area contributed by atoms with Crippen LogP contribution in [0.2, 0.25) is 0 Å². The van der Waals surface area contributed by atoms with E-state index >= 15 is 0 Å². The number of anilines is 1. The standard InChI is InChI=1S/C19H18N4OS2/c1-12-11-13(2)22-19(21-12)26-15-8-6-14(7-9-15)23-17(24)16-5-4-10-20-18(16)25-3/h4-11H,1-3H3,(H,23,24). The van der Waals surface area contributed by atoms with Crippen molar-refractivity contribution >= 4 is 35.1 Å². The average molecular weight is 383 g/mol. The van der Waals surface area contributed by atoms with Gasteiger partial charge in [-0.3, -0.25) is 4.79 Å². The quantitative estimate of drug-likeness (QED) is 0.513. The molecule has 2 aromatic heterocycles. The molecule has 0 bridgehead atoms. The number of rotatable bonds is 5. The molecule has 0 unspecified atom stereocenters. The van der Waals surface area contributed by atoms with E-state index in [1.807, 2.05) is 50.4 Å². The van der Waals surface area contributed by atoms with Gasteiger partial charge in [0.25, 0.3) is 5.91 Å². The second-order valence-corrected chi connectivity index (χ2v) is 7.41. The molecule has 0 spiro atoms. The third-order valence-corrected chi connectivity index (χ3v) is 5.08. The zero-order valence-corrected chi connectivity index (χ0v) is 16.3. The molecule has 1 aromatic carbocycles. The van der Waals surface area contributed by atoms with Gasteiger partial charge in [0.15, 0.2) is 5.16 Å². The first kappa shape index (κ1) is 18.4. The molecular formula is C19H18N4OS2. The molecule has 0 aliphatic heterocycles. The normalized spacial score (nSPS) is 10.6. The van der Waals surface area contributed by atoms with Gasteiger partial charge in [-0.25, -0.2) is 15.0 Å². The molecule has 0 aliphatic rings. The number of hydrogen-bond acceptors (Lipinski definition) is 6. The summed E-state index contributed by atoms with van der Waals surface area (Å²) in [5.41, 5.74) is 3.20. The second kappa shape index (κ2) is 8.33. The molecule has 3 rings (SSSR count). The zero-order chi connectivity index (χ0) is 18.5. The van der Waals surface area contributed by atoms with Gasteiger partial charge in [0.2, 0.25) is 0 Å². The van der Waals surface area contributed by atoms with Crippen molar-refractivity contribution in [3.63, 3.8) is 0 Å². The summed E-state index contributed by atoms with van der Waals surface area (Å²) >= 11 is 2.95. The molecule has 0 radical (unpaired) electrons. The molecule has 0 aliphatic carbocycles. The van der Waals surface area contributed by atoms with Crippen LogP contribution in [-0.4, -0.2) is 27.1 Å². The van der Waals surface area contributed by atoms with Crippen molar-refractivity contribution in [2.75, 3.05) is 11.6 Å². The van der Waals surface area contributed by atoms with Crippen LogP contribution < -0.4 is 5.32 Å². The van der Waals surface area contributed by atoms with Crippen LogP contribution in [0.5, 0.6) is 0 Å². The van der Waals surface area contributed by atoms with Crippen LogP contribution in [0, 0.1) is 13.8 Å². The molecule has 0 saturated carbocycles.